The molecular weight excluding hydrogens is 255 g/mol. The van der Waals surface area contributed by atoms with Crippen LogP contribution in [0.2, 0.25) is 10.0 Å². The van der Waals surface area contributed by atoms with E-state index in [2.05, 4.69) is 23.3 Å². The van der Waals surface area contributed by atoms with Crippen molar-refractivity contribution in [3.63, 3.8) is 0 Å². The van der Waals surface area contributed by atoms with Crippen molar-refractivity contribution >= 4 is 23.2 Å². The second-order valence-corrected chi connectivity index (χ2v) is 4.81. The first-order valence-electron chi connectivity index (χ1n) is 5.40. The van der Waals surface area contributed by atoms with E-state index in [0.717, 1.165) is 17.8 Å². The summed E-state index contributed by atoms with van der Waals surface area (Å²) in [5.74, 6) is 0. The van der Waals surface area contributed by atoms with Crippen LogP contribution in [-0.2, 0) is 6.54 Å². The van der Waals surface area contributed by atoms with Crippen molar-refractivity contribution in [1.82, 2.24) is 10.3 Å². The maximum atomic E-state index is 6.01. The lowest BCUT2D eigenvalue weighted by Crippen LogP contribution is -2.04. The standard InChI is InChI=1S/C13H14Cl2N2/c1-8-10(7-16-2)6-13(17-8)9-3-4-11(14)12(15)5-9/h3-6,16-17H,7H2,1-2H3. The Morgan fingerprint density at radius 2 is 1.94 bits per heavy atom. The fraction of sp³-hybridized carbons (Fsp3) is 0.231. The minimum absolute atomic E-state index is 0.576. The summed E-state index contributed by atoms with van der Waals surface area (Å²) >= 11 is 11.9. The summed E-state index contributed by atoms with van der Waals surface area (Å²) in [6.07, 6.45) is 0. The van der Waals surface area contributed by atoms with Crippen molar-refractivity contribution in [2.75, 3.05) is 7.05 Å². The van der Waals surface area contributed by atoms with E-state index in [1.165, 1.54) is 11.3 Å². The molecule has 1 heterocycles. The second kappa shape index (κ2) is 5.13. The number of benzene rings is 1. The average molecular weight is 269 g/mol. The smallest absolute Gasteiger partial charge is 0.0599 e. The predicted octanol–water partition coefficient (Wildman–Crippen LogP) is 4.02. The molecule has 0 radical (unpaired) electrons. The molecule has 4 heteroatoms. The number of halogens is 2. The van der Waals surface area contributed by atoms with E-state index < -0.39 is 0 Å². The highest BCUT2D eigenvalue weighted by molar-refractivity contribution is 6.42. The number of nitrogens with one attached hydrogen (secondary N) is 2. The van der Waals surface area contributed by atoms with Gasteiger partial charge in [0.25, 0.3) is 0 Å². The van der Waals surface area contributed by atoms with Crippen LogP contribution in [0, 0.1) is 6.92 Å². The summed E-state index contributed by atoms with van der Waals surface area (Å²) in [6, 6.07) is 7.78. The van der Waals surface area contributed by atoms with Crippen molar-refractivity contribution in [3.8, 4) is 11.3 Å². The van der Waals surface area contributed by atoms with Gasteiger partial charge in [0.15, 0.2) is 0 Å². The maximum absolute atomic E-state index is 6.01. The van der Waals surface area contributed by atoms with Crippen molar-refractivity contribution in [3.05, 3.63) is 45.6 Å². The fourth-order valence-electron chi connectivity index (χ4n) is 1.79. The van der Waals surface area contributed by atoms with Crippen LogP contribution in [-0.4, -0.2) is 12.0 Å². The Morgan fingerprint density at radius 1 is 1.18 bits per heavy atom. The zero-order valence-electron chi connectivity index (χ0n) is 9.77. The highest BCUT2D eigenvalue weighted by Gasteiger charge is 2.07. The molecule has 0 fully saturated rings. The van der Waals surface area contributed by atoms with Crippen LogP contribution in [0.15, 0.2) is 24.3 Å². The molecule has 17 heavy (non-hydrogen) atoms. The van der Waals surface area contributed by atoms with Gasteiger partial charge < -0.3 is 10.3 Å². The Labute approximate surface area is 111 Å². The van der Waals surface area contributed by atoms with Crippen LogP contribution in [0.25, 0.3) is 11.3 Å². The van der Waals surface area contributed by atoms with Gasteiger partial charge in [0, 0.05) is 17.9 Å². The van der Waals surface area contributed by atoms with Gasteiger partial charge in [0.2, 0.25) is 0 Å². The van der Waals surface area contributed by atoms with Crippen LogP contribution in [0.5, 0.6) is 0 Å². The molecule has 0 saturated heterocycles. The van der Waals surface area contributed by atoms with Crippen LogP contribution in [0.3, 0.4) is 0 Å². The summed E-state index contributed by atoms with van der Waals surface area (Å²) in [7, 11) is 1.94. The summed E-state index contributed by atoms with van der Waals surface area (Å²) < 4.78 is 0. The molecule has 0 atom stereocenters. The van der Waals surface area contributed by atoms with Gasteiger partial charge in [-0.05, 0) is 43.3 Å². The van der Waals surface area contributed by atoms with Gasteiger partial charge in [-0.1, -0.05) is 29.3 Å². The predicted molar refractivity (Wildman–Crippen MR) is 73.7 cm³/mol. The van der Waals surface area contributed by atoms with Gasteiger partial charge >= 0.3 is 0 Å². The first kappa shape index (κ1) is 12.5. The van der Waals surface area contributed by atoms with Crippen LogP contribution < -0.4 is 5.32 Å². The highest BCUT2D eigenvalue weighted by atomic mass is 35.5. The third kappa shape index (κ3) is 2.65. The molecule has 90 valence electrons. The quantitative estimate of drug-likeness (QED) is 0.865. The number of aromatic nitrogens is 1. The lowest BCUT2D eigenvalue weighted by Gasteiger charge is -2.00. The first-order chi connectivity index (χ1) is 8.11. The number of hydrogen-bond donors (Lipinski definition) is 2. The largest absolute Gasteiger partial charge is 0.358 e. The van der Waals surface area contributed by atoms with Gasteiger partial charge in [-0.15, -0.1) is 0 Å². The Morgan fingerprint density at radius 3 is 2.59 bits per heavy atom. The molecule has 1 aromatic heterocycles. The zero-order chi connectivity index (χ0) is 12.4. The van der Waals surface area contributed by atoms with Gasteiger partial charge in [0.05, 0.1) is 10.0 Å². The van der Waals surface area contributed by atoms with Gasteiger partial charge in [-0.3, -0.25) is 0 Å². The summed E-state index contributed by atoms with van der Waals surface area (Å²) in [5, 5.41) is 4.30. The van der Waals surface area contributed by atoms with Crippen molar-refractivity contribution < 1.29 is 0 Å². The number of rotatable bonds is 3. The van der Waals surface area contributed by atoms with Gasteiger partial charge in [-0.2, -0.15) is 0 Å². The maximum Gasteiger partial charge on any atom is 0.0599 e. The van der Waals surface area contributed by atoms with Crippen LogP contribution in [0.1, 0.15) is 11.3 Å². The van der Waals surface area contributed by atoms with Gasteiger partial charge in [0.1, 0.15) is 0 Å². The van der Waals surface area contributed by atoms with Crippen molar-refractivity contribution in [1.29, 1.82) is 0 Å². The van der Waals surface area contributed by atoms with E-state index in [-0.39, 0.29) is 0 Å². The van der Waals surface area contributed by atoms with Crippen molar-refractivity contribution in [2.24, 2.45) is 0 Å². The molecule has 0 spiro atoms. The first-order valence-corrected chi connectivity index (χ1v) is 6.16. The second-order valence-electron chi connectivity index (χ2n) is 3.99. The Bertz CT molecular complexity index is 532. The Kier molecular flexibility index (Phi) is 3.77. The van der Waals surface area contributed by atoms with Crippen LogP contribution >= 0.6 is 23.2 Å². The highest BCUT2D eigenvalue weighted by Crippen LogP contribution is 2.29. The molecule has 0 aliphatic rings. The molecule has 2 N–H and O–H groups in total. The van der Waals surface area contributed by atoms with E-state index in [0.29, 0.717) is 10.0 Å². The summed E-state index contributed by atoms with van der Waals surface area (Å²) in [5.41, 5.74) is 4.53. The number of hydrogen-bond acceptors (Lipinski definition) is 1. The monoisotopic (exact) mass is 268 g/mol. The molecule has 0 aliphatic heterocycles. The van der Waals surface area contributed by atoms with Gasteiger partial charge in [-0.25, -0.2) is 0 Å². The molecule has 2 rings (SSSR count). The van der Waals surface area contributed by atoms with E-state index in [1.54, 1.807) is 0 Å². The molecule has 1 aromatic carbocycles. The SMILES string of the molecule is CNCc1cc(-c2ccc(Cl)c(Cl)c2)[nH]c1C. The number of aromatic amines is 1. The van der Waals surface area contributed by atoms with E-state index in [1.807, 2.05) is 25.2 Å². The third-order valence-electron chi connectivity index (χ3n) is 2.72. The lowest BCUT2D eigenvalue weighted by molar-refractivity contribution is 0.812. The zero-order valence-corrected chi connectivity index (χ0v) is 11.3. The Hall–Kier alpha value is -0.960. The van der Waals surface area contributed by atoms with E-state index >= 15 is 0 Å². The fourth-order valence-corrected chi connectivity index (χ4v) is 2.09. The molecule has 0 saturated carbocycles. The topological polar surface area (TPSA) is 27.8 Å². The molecule has 0 amide bonds. The minimum Gasteiger partial charge on any atom is -0.358 e. The molecule has 2 nitrogen and oxygen atoms in total. The molecule has 2 aromatic rings. The third-order valence-corrected chi connectivity index (χ3v) is 3.46. The molecule has 0 unspecified atom stereocenters. The molecule has 0 bridgehead atoms. The summed E-state index contributed by atoms with van der Waals surface area (Å²) in [6.45, 7) is 2.91. The Balaban J connectivity index is 2.39. The van der Waals surface area contributed by atoms with Crippen LogP contribution in [0.4, 0.5) is 0 Å². The lowest BCUT2D eigenvalue weighted by atomic mass is 10.1. The summed E-state index contributed by atoms with van der Waals surface area (Å²) in [4.78, 5) is 3.35. The number of H-pyrrole nitrogens is 1. The minimum atomic E-state index is 0.576. The molecular formula is C13H14Cl2N2. The molecule has 0 aliphatic carbocycles. The average Bonchev–Trinajstić information content (AvgIpc) is 2.65. The van der Waals surface area contributed by atoms with Crippen molar-refractivity contribution in [2.45, 2.75) is 13.5 Å². The normalized spacial score (nSPS) is 10.8. The van der Waals surface area contributed by atoms with E-state index in [4.69, 9.17) is 23.2 Å². The number of aryl methyl sites for hydroxylation is 1. The van der Waals surface area contributed by atoms with E-state index in [9.17, 15) is 0 Å².